The molecule has 0 aromatic carbocycles. The van der Waals surface area contributed by atoms with Gasteiger partial charge >= 0.3 is 5.97 Å². The number of carbonyl (C=O) groups excluding carboxylic acids is 2. The van der Waals surface area contributed by atoms with Crippen molar-refractivity contribution in [1.82, 2.24) is 0 Å². The average Bonchev–Trinajstić information content (AvgIpc) is 2.65. The van der Waals surface area contributed by atoms with Crippen molar-refractivity contribution in [3.05, 3.63) is 12.7 Å². The molecule has 5 atom stereocenters. The first-order valence-corrected chi connectivity index (χ1v) is 5.86. The molecule has 0 bridgehead atoms. The summed E-state index contributed by atoms with van der Waals surface area (Å²) in [5.41, 5.74) is 0. The first kappa shape index (κ1) is 15.8. The third-order valence-electron chi connectivity index (χ3n) is 2.82. The van der Waals surface area contributed by atoms with Gasteiger partial charge in [-0.3, -0.25) is 4.79 Å². The van der Waals surface area contributed by atoms with Crippen LogP contribution in [0.15, 0.2) is 12.7 Å². The van der Waals surface area contributed by atoms with Crippen LogP contribution in [0, 0.1) is 5.92 Å². The number of carbonyl (C=O) groups is 2. The lowest BCUT2D eigenvalue weighted by Gasteiger charge is -2.19. The van der Waals surface area contributed by atoms with Gasteiger partial charge in [0.05, 0.1) is 0 Å². The highest BCUT2D eigenvalue weighted by molar-refractivity contribution is 5.88. The molecular weight excluding hydrogens is 256 g/mol. The summed E-state index contributed by atoms with van der Waals surface area (Å²) in [5, 5.41) is 28.9. The fourth-order valence-electron chi connectivity index (χ4n) is 1.64. The van der Waals surface area contributed by atoms with E-state index in [1.807, 2.05) is 0 Å². The summed E-state index contributed by atoms with van der Waals surface area (Å²) in [5.74, 6) is -1.98. The predicted octanol–water partition coefficient (Wildman–Crippen LogP) is -1.25. The number of ketones is 1. The molecule has 0 aliphatic carbocycles. The maximum absolute atomic E-state index is 11.8. The van der Waals surface area contributed by atoms with E-state index in [1.54, 1.807) is 13.8 Å². The van der Waals surface area contributed by atoms with Crippen molar-refractivity contribution in [1.29, 1.82) is 0 Å². The number of hydrogen-bond acceptors (Lipinski definition) is 7. The van der Waals surface area contributed by atoms with Gasteiger partial charge in [-0.25, -0.2) is 4.79 Å². The van der Waals surface area contributed by atoms with E-state index in [-0.39, 0.29) is 5.92 Å². The molecule has 0 saturated carbocycles. The van der Waals surface area contributed by atoms with Crippen molar-refractivity contribution in [2.24, 2.45) is 5.92 Å². The average molecular weight is 274 g/mol. The third kappa shape index (κ3) is 3.38. The van der Waals surface area contributed by atoms with Gasteiger partial charge in [-0.15, -0.1) is 0 Å². The molecule has 0 amide bonds. The van der Waals surface area contributed by atoms with Gasteiger partial charge in [-0.2, -0.15) is 0 Å². The van der Waals surface area contributed by atoms with Gasteiger partial charge in [0.2, 0.25) is 6.29 Å². The maximum atomic E-state index is 11.8. The molecule has 3 N–H and O–H groups in total. The number of esters is 1. The van der Waals surface area contributed by atoms with Gasteiger partial charge in [0.25, 0.3) is 0 Å². The first-order chi connectivity index (χ1) is 8.79. The van der Waals surface area contributed by atoms with E-state index in [4.69, 9.17) is 4.74 Å². The van der Waals surface area contributed by atoms with Crippen LogP contribution in [0.4, 0.5) is 0 Å². The second kappa shape index (κ2) is 6.25. The van der Waals surface area contributed by atoms with E-state index in [1.165, 1.54) is 0 Å². The molecule has 1 aliphatic heterocycles. The summed E-state index contributed by atoms with van der Waals surface area (Å²) in [6, 6.07) is 0. The Labute approximate surface area is 110 Å². The van der Waals surface area contributed by atoms with Gasteiger partial charge in [0.1, 0.15) is 18.3 Å². The summed E-state index contributed by atoms with van der Waals surface area (Å²) in [6.45, 7) is 6.41. The Morgan fingerprint density at radius 1 is 1.32 bits per heavy atom. The number of hydrogen-bond donors (Lipinski definition) is 3. The Morgan fingerprint density at radius 3 is 2.37 bits per heavy atom. The lowest BCUT2D eigenvalue weighted by molar-refractivity contribution is -0.186. The number of Topliss-reactive ketones (excluding diaryl/α,β-unsaturated/α-hetero) is 1. The van der Waals surface area contributed by atoms with Crippen LogP contribution in [0.2, 0.25) is 0 Å². The molecule has 1 aliphatic rings. The van der Waals surface area contributed by atoms with Crippen LogP contribution in [0.1, 0.15) is 13.8 Å². The van der Waals surface area contributed by atoms with E-state index in [0.717, 1.165) is 6.08 Å². The molecule has 19 heavy (non-hydrogen) atoms. The molecule has 0 spiro atoms. The standard InChI is InChI=1S/C12H18O7/c1-4-6(13)18-12-10(17)9(16)11(19-12)8(15)7(14)5(2)3/h4-5,7,9-12,14,16-17H,1H2,2-3H3/t7?,9-,10-,11-,12?/m1/s1. The van der Waals surface area contributed by atoms with Crippen molar-refractivity contribution in [2.45, 2.75) is 44.6 Å². The molecular formula is C12H18O7. The van der Waals surface area contributed by atoms with Crippen LogP contribution in [-0.2, 0) is 19.1 Å². The molecule has 0 aromatic heterocycles. The SMILES string of the molecule is C=CC(=O)OC1O[C@H](C(=O)C(O)C(C)C)[C@H](O)[C@H]1O. The lowest BCUT2D eigenvalue weighted by Crippen LogP contribution is -2.43. The van der Waals surface area contributed by atoms with Crippen molar-refractivity contribution in [2.75, 3.05) is 0 Å². The number of rotatable bonds is 5. The van der Waals surface area contributed by atoms with E-state index in [9.17, 15) is 24.9 Å². The van der Waals surface area contributed by atoms with Crippen LogP contribution in [0.3, 0.4) is 0 Å². The summed E-state index contributed by atoms with van der Waals surface area (Å²) < 4.78 is 9.63. The molecule has 0 aromatic rings. The van der Waals surface area contributed by atoms with Gasteiger partial charge in [-0.05, 0) is 5.92 Å². The van der Waals surface area contributed by atoms with E-state index < -0.39 is 42.5 Å². The highest BCUT2D eigenvalue weighted by Gasteiger charge is 2.49. The Morgan fingerprint density at radius 2 is 1.89 bits per heavy atom. The van der Waals surface area contributed by atoms with Crippen LogP contribution in [0.5, 0.6) is 0 Å². The molecule has 7 nitrogen and oxygen atoms in total. The summed E-state index contributed by atoms with van der Waals surface area (Å²) in [7, 11) is 0. The largest absolute Gasteiger partial charge is 0.430 e. The molecule has 2 unspecified atom stereocenters. The van der Waals surface area contributed by atoms with E-state index in [0.29, 0.717) is 0 Å². The summed E-state index contributed by atoms with van der Waals surface area (Å²) in [4.78, 5) is 22.8. The highest BCUT2D eigenvalue weighted by atomic mass is 16.7. The maximum Gasteiger partial charge on any atom is 0.332 e. The Hall–Kier alpha value is -1.28. The van der Waals surface area contributed by atoms with Crippen LogP contribution < -0.4 is 0 Å². The van der Waals surface area contributed by atoms with Crippen molar-refractivity contribution in [3.63, 3.8) is 0 Å². The zero-order valence-corrected chi connectivity index (χ0v) is 10.7. The van der Waals surface area contributed by atoms with Crippen molar-refractivity contribution in [3.8, 4) is 0 Å². The van der Waals surface area contributed by atoms with Crippen LogP contribution in [-0.4, -0.2) is 57.8 Å². The monoisotopic (exact) mass is 274 g/mol. The van der Waals surface area contributed by atoms with E-state index >= 15 is 0 Å². The molecule has 7 heteroatoms. The van der Waals surface area contributed by atoms with Crippen LogP contribution in [0.25, 0.3) is 0 Å². The topological polar surface area (TPSA) is 113 Å². The van der Waals surface area contributed by atoms with Gasteiger partial charge in [-0.1, -0.05) is 20.4 Å². The second-order valence-electron chi connectivity index (χ2n) is 4.64. The number of ether oxygens (including phenoxy) is 2. The van der Waals surface area contributed by atoms with Gasteiger partial charge in [0.15, 0.2) is 11.9 Å². The van der Waals surface area contributed by atoms with Gasteiger partial charge in [0, 0.05) is 6.08 Å². The fourth-order valence-corrected chi connectivity index (χ4v) is 1.64. The quantitative estimate of drug-likeness (QED) is 0.424. The normalized spacial score (nSPS) is 32.1. The smallest absolute Gasteiger partial charge is 0.332 e. The van der Waals surface area contributed by atoms with Crippen molar-refractivity contribution < 1.29 is 34.4 Å². The predicted molar refractivity (Wildman–Crippen MR) is 62.8 cm³/mol. The number of aliphatic hydroxyl groups excluding tert-OH is 3. The second-order valence-corrected chi connectivity index (χ2v) is 4.64. The van der Waals surface area contributed by atoms with Crippen molar-refractivity contribution >= 4 is 11.8 Å². The minimum atomic E-state index is -1.57. The third-order valence-corrected chi connectivity index (χ3v) is 2.82. The molecule has 0 radical (unpaired) electrons. The van der Waals surface area contributed by atoms with Gasteiger partial charge < -0.3 is 24.8 Å². The molecule has 1 heterocycles. The minimum Gasteiger partial charge on any atom is -0.430 e. The summed E-state index contributed by atoms with van der Waals surface area (Å²) >= 11 is 0. The lowest BCUT2D eigenvalue weighted by atomic mass is 9.96. The zero-order valence-electron chi connectivity index (χ0n) is 10.7. The highest BCUT2D eigenvalue weighted by Crippen LogP contribution is 2.25. The minimum absolute atomic E-state index is 0.366. The molecule has 1 fully saturated rings. The fraction of sp³-hybridized carbons (Fsp3) is 0.667. The first-order valence-electron chi connectivity index (χ1n) is 5.86. The molecule has 108 valence electrons. The molecule has 1 rings (SSSR count). The Balaban J connectivity index is 2.75. The van der Waals surface area contributed by atoms with E-state index in [2.05, 4.69) is 11.3 Å². The van der Waals surface area contributed by atoms with Crippen LogP contribution >= 0.6 is 0 Å². The zero-order chi connectivity index (χ0) is 14.7. The Bertz CT molecular complexity index is 365. The number of aliphatic hydroxyl groups is 3. The summed E-state index contributed by atoms with van der Waals surface area (Å²) in [6.07, 6.45) is -6.49. The molecule has 1 saturated heterocycles. The Kier molecular flexibility index (Phi) is 5.19.